The van der Waals surface area contributed by atoms with Gasteiger partial charge in [-0.1, -0.05) is 0 Å². The summed E-state index contributed by atoms with van der Waals surface area (Å²) in [5.41, 5.74) is 1.14. The zero-order valence-corrected chi connectivity index (χ0v) is 10.3. The first kappa shape index (κ1) is 12.0. The minimum atomic E-state index is -0.168. The number of carbonyl (C=O) groups excluding carboxylic acids is 1. The molecule has 0 bridgehead atoms. The highest BCUT2D eigenvalue weighted by molar-refractivity contribution is 5.81. The molecule has 2 rings (SSSR count). The van der Waals surface area contributed by atoms with Gasteiger partial charge in [0, 0.05) is 24.5 Å². The first-order chi connectivity index (χ1) is 8.16. The van der Waals surface area contributed by atoms with Gasteiger partial charge in [0.15, 0.2) is 0 Å². The van der Waals surface area contributed by atoms with Gasteiger partial charge in [0.05, 0.1) is 6.04 Å². The van der Waals surface area contributed by atoms with Crippen LogP contribution in [-0.4, -0.2) is 23.0 Å². The summed E-state index contributed by atoms with van der Waals surface area (Å²) in [7, 11) is 0. The lowest BCUT2D eigenvalue weighted by molar-refractivity contribution is -0.123. The summed E-state index contributed by atoms with van der Waals surface area (Å²) >= 11 is 0. The van der Waals surface area contributed by atoms with Gasteiger partial charge in [-0.2, -0.15) is 0 Å². The molecule has 92 valence electrons. The molecule has 1 aliphatic rings. The molecule has 4 nitrogen and oxygen atoms in total. The van der Waals surface area contributed by atoms with Gasteiger partial charge in [-0.05, 0) is 44.4 Å². The molecule has 0 aromatic carbocycles. The Hall–Kier alpha value is -1.42. The van der Waals surface area contributed by atoms with Crippen LogP contribution in [0.3, 0.4) is 0 Å². The smallest absolute Gasteiger partial charge is 0.237 e. The summed E-state index contributed by atoms with van der Waals surface area (Å²) in [6, 6.07) is 4.33. The highest BCUT2D eigenvalue weighted by Crippen LogP contribution is 2.19. The number of aromatic nitrogens is 1. The maximum atomic E-state index is 11.8. The van der Waals surface area contributed by atoms with Crippen molar-refractivity contribution in [3.8, 4) is 0 Å². The van der Waals surface area contributed by atoms with E-state index in [0.29, 0.717) is 6.04 Å². The van der Waals surface area contributed by atoms with Crippen LogP contribution in [0.2, 0.25) is 0 Å². The lowest BCUT2D eigenvalue weighted by Crippen LogP contribution is -2.43. The minimum Gasteiger partial charge on any atom is -0.352 e. The Morgan fingerprint density at radius 2 is 2.00 bits per heavy atom. The molecule has 4 heteroatoms. The standard InChI is InChI=1S/C13H19N3O/c1-9(11-5-7-14-8-6-11)15-10(2)13(17)16-12-3-4-12/h5-10,12,15H,3-4H2,1-2H3,(H,16,17)/t9-,10?/m1/s1. The zero-order valence-electron chi connectivity index (χ0n) is 10.3. The SMILES string of the molecule is CC(N[C@H](C)c1ccncc1)C(=O)NC1CC1. The first-order valence-corrected chi connectivity index (χ1v) is 6.13. The second-order valence-corrected chi connectivity index (χ2v) is 4.67. The molecular formula is C13H19N3O. The van der Waals surface area contributed by atoms with Crippen molar-refractivity contribution in [1.29, 1.82) is 0 Å². The Labute approximate surface area is 102 Å². The van der Waals surface area contributed by atoms with Crippen molar-refractivity contribution in [1.82, 2.24) is 15.6 Å². The van der Waals surface area contributed by atoms with Crippen molar-refractivity contribution in [2.45, 2.75) is 44.8 Å². The monoisotopic (exact) mass is 233 g/mol. The highest BCUT2D eigenvalue weighted by Gasteiger charge is 2.26. The van der Waals surface area contributed by atoms with Gasteiger partial charge in [-0.15, -0.1) is 0 Å². The van der Waals surface area contributed by atoms with Crippen LogP contribution in [0.4, 0.5) is 0 Å². The fraction of sp³-hybridized carbons (Fsp3) is 0.538. The molecule has 1 heterocycles. The maximum absolute atomic E-state index is 11.8. The van der Waals surface area contributed by atoms with E-state index in [2.05, 4.69) is 22.5 Å². The van der Waals surface area contributed by atoms with Gasteiger partial charge in [0.1, 0.15) is 0 Å². The van der Waals surface area contributed by atoms with Crippen molar-refractivity contribution in [3.63, 3.8) is 0 Å². The van der Waals surface area contributed by atoms with Gasteiger partial charge >= 0.3 is 0 Å². The van der Waals surface area contributed by atoms with E-state index in [-0.39, 0.29) is 18.0 Å². The van der Waals surface area contributed by atoms with Crippen LogP contribution < -0.4 is 10.6 Å². The molecule has 1 aliphatic carbocycles. The van der Waals surface area contributed by atoms with Crippen LogP contribution in [0.25, 0.3) is 0 Å². The van der Waals surface area contributed by atoms with E-state index in [9.17, 15) is 4.79 Å². The van der Waals surface area contributed by atoms with E-state index >= 15 is 0 Å². The van der Waals surface area contributed by atoms with Crippen LogP contribution in [0, 0.1) is 0 Å². The van der Waals surface area contributed by atoms with Crippen LogP contribution in [0.1, 0.15) is 38.3 Å². The van der Waals surface area contributed by atoms with E-state index in [1.165, 1.54) is 0 Å². The normalized spacial score (nSPS) is 18.5. The molecular weight excluding hydrogens is 214 g/mol. The molecule has 2 atom stereocenters. The zero-order chi connectivity index (χ0) is 12.3. The van der Waals surface area contributed by atoms with Crippen molar-refractivity contribution >= 4 is 5.91 Å². The summed E-state index contributed by atoms with van der Waals surface area (Å²) in [6.45, 7) is 3.95. The second-order valence-electron chi connectivity index (χ2n) is 4.67. The van der Waals surface area contributed by atoms with Gasteiger partial charge in [-0.3, -0.25) is 15.1 Å². The number of pyridine rings is 1. The van der Waals surface area contributed by atoms with Crippen LogP contribution in [-0.2, 0) is 4.79 Å². The predicted octanol–water partition coefficient (Wildman–Crippen LogP) is 1.40. The van der Waals surface area contributed by atoms with Gasteiger partial charge in [0.2, 0.25) is 5.91 Å². The lowest BCUT2D eigenvalue weighted by Gasteiger charge is -2.19. The van der Waals surface area contributed by atoms with Crippen molar-refractivity contribution in [2.24, 2.45) is 0 Å². The van der Waals surface area contributed by atoms with Crippen molar-refractivity contribution in [2.75, 3.05) is 0 Å². The number of carbonyl (C=O) groups is 1. The predicted molar refractivity (Wildman–Crippen MR) is 66.4 cm³/mol. The molecule has 0 saturated heterocycles. The molecule has 1 unspecified atom stereocenters. The third-order valence-corrected chi connectivity index (χ3v) is 3.02. The summed E-state index contributed by atoms with van der Waals surface area (Å²) < 4.78 is 0. The summed E-state index contributed by atoms with van der Waals surface area (Å²) in [5, 5.41) is 6.29. The molecule has 1 saturated carbocycles. The number of rotatable bonds is 5. The molecule has 2 N–H and O–H groups in total. The molecule has 1 fully saturated rings. The lowest BCUT2D eigenvalue weighted by atomic mass is 10.1. The van der Waals surface area contributed by atoms with E-state index in [0.717, 1.165) is 18.4 Å². The third kappa shape index (κ3) is 3.53. The van der Waals surface area contributed by atoms with E-state index in [4.69, 9.17) is 0 Å². The van der Waals surface area contributed by atoms with E-state index in [1.54, 1.807) is 12.4 Å². The third-order valence-electron chi connectivity index (χ3n) is 3.02. The second kappa shape index (κ2) is 5.27. The molecule has 0 aliphatic heterocycles. The topological polar surface area (TPSA) is 54.0 Å². The molecule has 1 aromatic rings. The van der Waals surface area contributed by atoms with E-state index < -0.39 is 0 Å². The number of hydrogen-bond acceptors (Lipinski definition) is 3. The van der Waals surface area contributed by atoms with Crippen molar-refractivity contribution < 1.29 is 4.79 Å². The molecule has 0 spiro atoms. The molecule has 17 heavy (non-hydrogen) atoms. The fourth-order valence-corrected chi connectivity index (χ4v) is 1.75. The Morgan fingerprint density at radius 3 is 2.59 bits per heavy atom. The number of nitrogens with zero attached hydrogens (tertiary/aromatic N) is 1. The Bertz CT molecular complexity index is 376. The fourth-order valence-electron chi connectivity index (χ4n) is 1.75. The Kier molecular flexibility index (Phi) is 3.74. The quantitative estimate of drug-likeness (QED) is 0.808. The van der Waals surface area contributed by atoms with Gasteiger partial charge in [0.25, 0.3) is 0 Å². The highest BCUT2D eigenvalue weighted by atomic mass is 16.2. The van der Waals surface area contributed by atoms with Crippen LogP contribution in [0.15, 0.2) is 24.5 Å². The Morgan fingerprint density at radius 1 is 1.35 bits per heavy atom. The Balaban J connectivity index is 1.84. The average Bonchev–Trinajstić information content (AvgIpc) is 3.14. The maximum Gasteiger partial charge on any atom is 0.237 e. The first-order valence-electron chi connectivity index (χ1n) is 6.13. The summed E-state index contributed by atoms with van der Waals surface area (Å²) in [5.74, 6) is 0.0911. The molecule has 1 aromatic heterocycles. The van der Waals surface area contributed by atoms with Crippen LogP contribution in [0.5, 0.6) is 0 Å². The summed E-state index contributed by atoms with van der Waals surface area (Å²) in [4.78, 5) is 15.8. The van der Waals surface area contributed by atoms with Crippen molar-refractivity contribution in [3.05, 3.63) is 30.1 Å². The molecule has 0 radical (unpaired) electrons. The average molecular weight is 233 g/mol. The number of hydrogen-bond donors (Lipinski definition) is 2. The molecule has 1 amide bonds. The van der Waals surface area contributed by atoms with Gasteiger partial charge in [-0.25, -0.2) is 0 Å². The van der Waals surface area contributed by atoms with Crippen LogP contribution >= 0.6 is 0 Å². The van der Waals surface area contributed by atoms with E-state index in [1.807, 2.05) is 19.1 Å². The summed E-state index contributed by atoms with van der Waals surface area (Å²) in [6.07, 6.45) is 5.78. The van der Waals surface area contributed by atoms with Gasteiger partial charge < -0.3 is 5.32 Å². The number of amides is 1. The number of nitrogens with one attached hydrogen (secondary N) is 2. The minimum absolute atomic E-state index is 0.0911. The largest absolute Gasteiger partial charge is 0.352 e.